The Morgan fingerprint density at radius 2 is 0.642 bits per heavy atom. The van der Waals surface area contributed by atoms with Crippen molar-refractivity contribution < 1.29 is 62.5 Å². The van der Waals surface area contributed by atoms with Crippen molar-refractivity contribution in [2.24, 2.45) is 0 Å². The molecule has 0 heterocycles. The molecule has 0 aliphatic rings. The zero-order chi connectivity index (χ0) is 51.7. The van der Waals surface area contributed by atoms with Crippen LogP contribution in [0.5, 0.6) is 5.75 Å². The number of benzene rings is 5. The molecule has 0 bridgehead atoms. The smallest absolute Gasteiger partial charge is 0.355 e. The lowest BCUT2D eigenvalue weighted by Gasteiger charge is -2.40. The standard InChI is InChI=1S/2C10H14.C9H11F5OS.2C9H11F5S.CH4/c1-8(2)10-6-4-9(3)5-7-10;1-8(2)10-6-4-5-9(3)7-10;1-7(2)8-3-5-9(6-4-8)15-16(10,11,12,13)14;1-7(2)8-3-5-9(6-4-8)15(10,11,12,13)14;1-7(2)8-4-3-5-9(6-8)15(10,11,12,13)14;/h2*4-8H,1-3H3;3-7H,1-2H3;2*3-7H,1-2H3;1H4. The molecule has 0 N–H and O–H groups in total. The molecule has 0 saturated carbocycles. The van der Waals surface area contributed by atoms with Gasteiger partial charge in [0.25, 0.3) is 0 Å². The van der Waals surface area contributed by atoms with Gasteiger partial charge in [-0.1, -0.05) is 231 Å². The average Bonchev–Trinajstić information content (AvgIpc) is 3.13. The highest BCUT2D eigenvalue weighted by Gasteiger charge is 2.68. The van der Waals surface area contributed by atoms with Gasteiger partial charge < -0.3 is 4.18 Å². The highest BCUT2D eigenvalue weighted by molar-refractivity contribution is 8.46. The van der Waals surface area contributed by atoms with Crippen molar-refractivity contribution in [2.75, 3.05) is 0 Å². The lowest BCUT2D eigenvalue weighted by Crippen LogP contribution is -2.13. The van der Waals surface area contributed by atoms with Crippen molar-refractivity contribution in [1.82, 2.24) is 0 Å². The SMILES string of the molecule is C.CC(C)c1ccc(OS(F)(F)(F)(F)F)cc1.CC(C)c1ccc(S(F)(F)(F)(F)F)cc1.CC(C)c1cccc(S(F)(F)(F)(F)F)c1.Cc1ccc(C(C)C)cc1.Cc1cccc(C(C)C)c1. The van der Waals surface area contributed by atoms with Gasteiger partial charge in [0.1, 0.15) is 15.5 Å². The van der Waals surface area contributed by atoms with Gasteiger partial charge in [-0.05, 0) is 108 Å². The molecule has 0 radical (unpaired) electrons. The van der Waals surface area contributed by atoms with E-state index in [2.05, 4.69) is 94.3 Å². The third-order valence-corrected chi connectivity index (χ3v) is 12.0. The van der Waals surface area contributed by atoms with Crippen LogP contribution in [-0.4, -0.2) is 0 Å². The van der Waals surface area contributed by atoms with Gasteiger partial charge in [-0.2, -0.15) is 0 Å². The first-order valence-electron chi connectivity index (χ1n) is 20.4. The zero-order valence-electron chi connectivity index (χ0n) is 38.7. The van der Waals surface area contributed by atoms with Crippen LogP contribution in [0, 0.1) is 13.8 Å². The number of halogens is 15. The Morgan fingerprint density at radius 3 is 0.940 bits per heavy atom. The molecule has 0 atom stereocenters. The second-order valence-electron chi connectivity index (χ2n) is 17.2. The molecule has 0 unspecified atom stereocenters. The van der Waals surface area contributed by atoms with E-state index >= 15 is 0 Å². The van der Waals surface area contributed by atoms with Crippen molar-refractivity contribution in [3.63, 3.8) is 0 Å². The fourth-order valence-electron chi connectivity index (χ4n) is 5.29. The molecule has 386 valence electrons. The third kappa shape index (κ3) is 25.7. The van der Waals surface area contributed by atoms with Crippen molar-refractivity contribution in [3.8, 4) is 5.75 Å². The molecule has 0 aliphatic carbocycles. The predicted molar refractivity (Wildman–Crippen MR) is 255 cm³/mol. The summed E-state index contributed by atoms with van der Waals surface area (Å²) in [5.74, 6) is 0.306. The summed E-state index contributed by atoms with van der Waals surface area (Å²) < 4.78 is 186. The lowest BCUT2D eigenvalue weighted by atomic mass is 10.0. The van der Waals surface area contributed by atoms with Gasteiger partial charge >= 0.3 is 31.0 Å². The minimum Gasteiger partial charge on any atom is -0.355 e. The summed E-state index contributed by atoms with van der Waals surface area (Å²) in [6, 6.07) is 28.2. The molecule has 1 nitrogen and oxygen atoms in total. The maximum absolute atomic E-state index is 12.4. The summed E-state index contributed by atoms with van der Waals surface area (Å²) in [6.45, 7) is 23.6. The fraction of sp³-hybridized carbons (Fsp3) is 0.375. The molecule has 0 aliphatic heterocycles. The number of rotatable bonds is 9. The minimum atomic E-state index is -9.84. The van der Waals surface area contributed by atoms with E-state index in [4.69, 9.17) is 0 Å². The Bertz CT molecular complexity index is 2310. The van der Waals surface area contributed by atoms with E-state index < -0.39 is 46.5 Å². The molecule has 0 aromatic heterocycles. The summed E-state index contributed by atoms with van der Waals surface area (Å²) in [5, 5.41) is 0. The van der Waals surface area contributed by atoms with Crippen LogP contribution < -0.4 is 4.18 Å². The average molecular weight is 1040 g/mol. The van der Waals surface area contributed by atoms with Crippen molar-refractivity contribution in [3.05, 3.63) is 160 Å². The minimum absolute atomic E-state index is 0. The van der Waals surface area contributed by atoms with Crippen LogP contribution in [0.15, 0.2) is 131 Å². The normalized spacial score (nSPS) is 14.9. The van der Waals surface area contributed by atoms with E-state index in [1.807, 2.05) is 13.8 Å². The van der Waals surface area contributed by atoms with Gasteiger partial charge in [0, 0.05) is 0 Å². The summed E-state index contributed by atoms with van der Waals surface area (Å²) in [5.41, 5.74) is 7.14. The van der Waals surface area contributed by atoms with Crippen LogP contribution in [0.3, 0.4) is 0 Å². The second-order valence-corrected chi connectivity index (χ2v) is 24.0. The van der Waals surface area contributed by atoms with Crippen LogP contribution >= 0.6 is 31.0 Å². The third-order valence-electron chi connectivity index (χ3n) is 9.22. The molecule has 0 amide bonds. The summed E-state index contributed by atoms with van der Waals surface area (Å²) >= 11 is 0. The van der Waals surface area contributed by atoms with Gasteiger partial charge in [-0.3, -0.25) is 0 Å². The monoisotopic (exact) mass is 1040 g/mol. The van der Waals surface area contributed by atoms with Gasteiger partial charge in [-0.15, -0.1) is 0 Å². The molecule has 19 heteroatoms. The maximum atomic E-state index is 12.4. The van der Waals surface area contributed by atoms with Gasteiger partial charge in [-0.25, -0.2) is 0 Å². The predicted octanol–water partition coefficient (Wildman–Crippen LogP) is 23.2. The van der Waals surface area contributed by atoms with Gasteiger partial charge in [0.05, 0.1) is 0 Å². The van der Waals surface area contributed by atoms with Crippen molar-refractivity contribution >= 4 is 31.0 Å². The van der Waals surface area contributed by atoms with Crippen molar-refractivity contribution in [1.29, 1.82) is 0 Å². The molecular formula is C48H65F15OS3. The van der Waals surface area contributed by atoms with E-state index in [1.54, 1.807) is 27.7 Å². The van der Waals surface area contributed by atoms with E-state index in [0.717, 1.165) is 35.9 Å². The van der Waals surface area contributed by atoms with Crippen molar-refractivity contribution in [2.45, 2.75) is 130 Å². The molecule has 0 spiro atoms. The fourth-order valence-corrected chi connectivity index (χ4v) is 7.11. The Kier molecular flexibility index (Phi) is 18.9. The number of aryl methyl sites for hydroxylation is 2. The number of hydrogen-bond acceptors (Lipinski definition) is 1. The molecule has 67 heavy (non-hydrogen) atoms. The summed E-state index contributed by atoms with van der Waals surface area (Å²) in [7, 11) is -28.8. The molecule has 5 aromatic rings. The van der Waals surface area contributed by atoms with Crippen LogP contribution in [0.1, 0.15) is 145 Å². The largest absolute Gasteiger partial charge is 0.435 e. The molecule has 5 rings (SSSR count). The Hall–Kier alpha value is -4.10. The first-order chi connectivity index (χ1) is 29.1. The molecule has 0 fully saturated rings. The zero-order valence-corrected chi connectivity index (χ0v) is 41.2. The summed E-state index contributed by atoms with van der Waals surface area (Å²) in [4.78, 5) is -3.65. The highest BCUT2D eigenvalue weighted by atomic mass is 32.5. The van der Waals surface area contributed by atoms with E-state index in [1.165, 1.54) is 40.5 Å². The highest BCUT2D eigenvalue weighted by Crippen LogP contribution is 3.03. The molecular weight excluding hydrogens is 974 g/mol. The quantitative estimate of drug-likeness (QED) is 0.134. The van der Waals surface area contributed by atoms with Crippen LogP contribution in [-0.2, 0) is 0 Å². The van der Waals surface area contributed by atoms with Crippen LogP contribution in [0.25, 0.3) is 0 Å². The maximum Gasteiger partial charge on any atom is 0.435 e. The van der Waals surface area contributed by atoms with E-state index in [0.29, 0.717) is 41.7 Å². The van der Waals surface area contributed by atoms with Crippen LogP contribution in [0.4, 0.5) is 58.3 Å². The molecule has 5 aromatic carbocycles. The number of hydrogen-bond donors (Lipinski definition) is 0. The Morgan fingerprint density at radius 1 is 0.328 bits per heavy atom. The van der Waals surface area contributed by atoms with E-state index in [9.17, 15) is 58.3 Å². The van der Waals surface area contributed by atoms with Gasteiger partial charge in [0.15, 0.2) is 0 Å². The Labute approximate surface area is 387 Å². The van der Waals surface area contributed by atoms with Gasteiger partial charge in [0.2, 0.25) is 0 Å². The Balaban J connectivity index is 0.000000819. The topological polar surface area (TPSA) is 9.23 Å². The lowest BCUT2D eigenvalue weighted by molar-refractivity contribution is 0.243. The van der Waals surface area contributed by atoms with Crippen LogP contribution in [0.2, 0.25) is 0 Å². The first-order valence-corrected chi connectivity index (χ1v) is 26.2. The second kappa shape index (κ2) is 20.1. The van der Waals surface area contributed by atoms with E-state index in [-0.39, 0.29) is 30.7 Å². The first kappa shape index (κ1) is 62.9. The molecule has 0 saturated heterocycles. The summed E-state index contributed by atoms with van der Waals surface area (Å²) in [6.07, 6.45) is 0.